The van der Waals surface area contributed by atoms with Crippen molar-refractivity contribution in [3.8, 4) is 5.75 Å². The average Bonchev–Trinajstić information content (AvgIpc) is 2.86. The van der Waals surface area contributed by atoms with Gasteiger partial charge >= 0.3 is 0 Å². The molecular formula is C15H22Cl2N2O2. The van der Waals surface area contributed by atoms with Crippen LogP contribution in [0.1, 0.15) is 12.0 Å². The molecule has 4 nitrogen and oxygen atoms in total. The number of carbonyl (C=O) groups is 1. The SMILES string of the molecule is CNCC1CCN(C(=O)COc2ccc(Cl)cc2C)C1.Cl. The zero-order valence-electron chi connectivity index (χ0n) is 12.4. The number of hydrogen-bond donors (Lipinski definition) is 1. The molecule has 1 unspecified atom stereocenters. The Labute approximate surface area is 137 Å². The third-order valence-electron chi connectivity index (χ3n) is 3.62. The molecule has 1 aromatic carbocycles. The van der Waals surface area contributed by atoms with Crippen molar-refractivity contribution in [3.05, 3.63) is 28.8 Å². The van der Waals surface area contributed by atoms with Gasteiger partial charge in [-0.2, -0.15) is 0 Å². The van der Waals surface area contributed by atoms with Gasteiger partial charge in [0.05, 0.1) is 0 Å². The minimum atomic E-state index is 0. The topological polar surface area (TPSA) is 41.6 Å². The summed E-state index contributed by atoms with van der Waals surface area (Å²) in [6, 6.07) is 5.41. The highest BCUT2D eigenvalue weighted by Crippen LogP contribution is 2.22. The third kappa shape index (κ3) is 5.06. The third-order valence-corrected chi connectivity index (χ3v) is 3.85. The number of amides is 1. The van der Waals surface area contributed by atoms with E-state index in [4.69, 9.17) is 16.3 Å². The van der Waals surface area contributed by atoms with Gasteiger partial charge in [-0.1, -0.05) is 11.6 Å². The first-order valence-electron chi connectivity index (χ1n) is 6.91. The van der Waals surface area contributed by atoms with E-state index >= 15 is 0 Å². The fraction of sp³-hybridized carbons (Fsp3) is 0.533. The van der Waals surface area contributed by atoms with Crippen molar-refractivity contribution in [3.63, 3.8) is 0 Å². The van der Waals surface area contributed by atoms with E-state index in [1.165, 1.54) is 0 Å². The van der Waals surface area contributed by atoms with Crippen LogP contribution in [0.15, 0.2) is 18.2 Å². The van der Waals surface area contributed by atoms with Gasteiger partial charge in [0, 0.05) is 18.1 Å². The summed E-state index contributed by atoms with van der Waals surface area (Å²) >= 11 is 5.89. The predicted molar refractivity (Wildman–Crippen MR) is 87.5 cm³/mol. The van der Waals surface area contributed by atoms with Crippen LogP contribution in [-0.2, 0) is 4.79 Å². The molecule has 2 rings (SSSR count). The fourth-order valence-corrected chi connectivity index (χ4v) is 2.75. The maximum absolute atomic E-state index is 12.1. The molecule has 1 atom stereocenters. The van der Waals surface area contributed by atoms with E-state index in [9.17, 15) is 4.79 Å². The average molecular weight is 333 g/mol. The molecule has 0 bridgehead atoms. The van der Waals surface area contributed by atoms with Gasteiger partial charge in [0.1, 0.15) is 5.75 Å². The molecule has 118 valence electrons. The first kappa shape index (κ1) is 18.1. The summed E-state index contributed by atoms with van der Waals surface area (Å²) < 4.78 is 5.60. The Hall–Kier alpha value is -0.970. The van der Waals surface area contributed by atoms with E-state index in [1.54, 1.807) is 12.1 Å². The van der Waals surface area contributed by atoms with Crippen molar-refractivity contribution in [1.29, 1.82) is 0 Å². The van der Waals surface area contributed by atoms with E-state index in [1.807, 2.05) is 24.9 Å². The number of halogens is 2. The van der Waals surface area contributed by atoms with Gasteiger partial charge in [0.15, 0.2) is 6.61 Å². The first-order valence-corrected chi connectivity index (χ1v) is 7.29. The van der Waals surface area contributed by atoms with Crippen LogP contribution in [0, 0.1) is 12.8 Å². The van der Waals surface area contributed by atoms with Gasteiger partial charge in [0.25, 0.3) is 5.91 Å². The molecule has 1 N–H and O–H groups in total. The van der Waals surface area contributed by atoms with Gasteiger partial charge in [-0.05, 0) is 56.6 Å². The summed E-state index contributed by atoms with van der Waals surface area (Å²) in [7, 11) is 1.94. The summed E-state index contributed by atoms with van der Waals surface area (Å²) in [6.45, 7) is 4.62. The van der Waals surface area contributed by atoms with Crippen molar-refractivity contribution < 1.29 is 9.53 Å². The summed E-state index contributed by atoms with van der Waals surface area (Å²) in [6.07, 6.45) is 1.06. The highest BCUT2D eigenvalue weighted by Gasteiger charge is 2.25. The zero-order valence-corrected chi connectivity index (χ0v) is 14.0. The van der Waals surface area contributed by atoms with Gasteiger partial charge in [0.2, 0.25) is 0 Å². The monoisotopic (exact) mass is 332 g/mol. The van der Waals surface area contributed by atoms with E-state index in [-0.39, 0.29) is 24.9 Å². The number of nitrogens with one attached hydrogen (secondary N) is 1. The normalized spacial score (nSPS) is 17.5. The van der Waals surface area contributed by atoms with Gasteiger partial charge < -0.3 is 15.0 Å². The van der Waals surface area contributed by atoms with E-state index in [2.05, 4.69) is 5.32 Å². The molecule has 1 aromatic rings. The van der Waals surface area contributed by atoms with Crippen LogP contribution in [0.25, 0.3) is 0 Å². The van der Waals surface area contributed by atoms with Gasteiger partial charge in [-0.15, -0.1) is 12.4 Å². The Morgan fingerprint density at radius 3 is 2.95 bits per heavy atom. The molecule has 1 saturated heterocycles. The minimum Gasteiger partial charge on any atom is -0.483 e. The summed E-state index contributed by atoms with van der Waals surface area (Å²) in [5.74, 6) is 1.33. The Morgan fingerprint density at radius 2 is 2.29 bits per heavy atom. The van der Waals surface area contributed by atoms with E-state index < -0.39 is 0 Å². The van der Waals surface area contributed by atoms with E-state index in [0.717, 1.165) is 31.6 Å². The minimum absolute atomic E-state index is 0. The maximum Gasteiger partial charge on any atom is 0.260 e. The van der Waals surface area contributed by atoms with Crippen LogP contribution in [0.3, 0.4) is 0 Å². The number of aryl methyl sites for hydroxylation is 1. The lowest BCUT2D eigenvalue weighted by Crippen LogP contribution is -2.34. The summed E-state index contributed by atoms with van der Waals surface area (Å²) in [4.78, 5) is 14.0. The van der Waals surface area contributed by atoms with Crippen molar-refractivity contribution in [1.82, 2.24) is 10.2 Å². The van der Waals surface area contributed by atoms with Crippen molar-refractivity contribution >= 4 is 29.9 Å². The van der Waals surface area contributed by atoms with Crippen molar-refractivity contribution in [2.75, 3.05) is 33.3 Å². The van der Waals surface area contributed by atoms with Gasteiger partial charge in [-0.25, -0.2) is 0 Å². The largest absolute Gasteiger partial charge is 0.483 e. The number of likely N-dealkylation sites (tertiary alicyclic amines) is 1. The summed E-state index contributed by atoms with van der Waals surface area (Å²) in [5, 5.41) is 3.83. The lowest BCUT2D eigenvalue weighted by atomic mass is 10.1. The van der Waals surface area contributed by atoms with Gasteiger partial charge in [-0.3, -0.25) is 4.79 Å². The number of benzene rings is 1. The molecular weight excluding hydrogens is 311 g/mol. The number of nitrogens with zero attached hydrogens (tertiary/aromatic N) is 1. The molecule has 21 heavy (non-hydrogen) atoms. The quantitative estimate of drug-likeness (QED) is 0.900. The molecule has 0 saturated carbocycles. The van der Waals surface area contributed by atoms with Crippen LogP contribution in [0.2, 0.25) is 5.02 Å². The van der Waals surface area contributed by atoms with Crippen LogP contribution >= 0.6 is 24.0 Å². The smallest absolute Gasteiger partial charge is 0.260 e. The van der Waals surface area contributed by atoms with Crippen LogP contribution in [-0.4, -0.2) is 44.1 Å². The van der Waals surface area contributed by atoms with Crippen LogP contribution < -0.4 is 10.1 Å². The first-order chi connectivity index (χ1) is 9.60. The molecule has 1 heterocycles. The van der Waals surface area contributed by atoms with Crippen molar-refractivity contribution in [2.24, 2.45) is 5.92 Å². The second-order valence-corrected chi connectivity index (χ2v) is 5.69. The predicted octanol–water partition coefficient (Wildman–Crippen LogP) is 2.52. The Bertz CT molecular complexity index is 483. The molecule has 0 radical (unpaired) electrons. The second-order valence-electron chi connectivity index (χ2n) is 5.25. The molecule has 0 spiro atoms. The number of carbonyl (C=O) groups excluding carboxylic acids is 1. The Morgan fingerprint density at radius 1 is 1.52 bits per heavy atom. The van der Waals surface area contributed by atoms with E-state index in [0.29, 0.717) is 16.7 Å². The van der Waals surface area contributed by atoms with Crippen molar-refractivity contribution in [2.45, 2.75) is 13.3 Å². The molecule has 6 heteroatoms. The number of ether oxygens (including phenoxy) is 1. The lowest BCUT2D eigenvalue weighted by Gasteiger charge is -2.17. The molecule has 0 aromatic heterocycles. The van der Waals surface area contributed by atoms with Crippen LogP contribution in [0.4, 0.5) is 0 Å². The second kappa shape index (κ2) is 8.47. The lowest BCUT2D eigenvalue weighted by molar-refractivity contribution is -0.132. The maximum atomic E-state index is 12.1. The Balaban J connectivity index is 0.00000220. The summed E-state index contributed by atoms with van der Waals surface area (Å²) in [5.41, 5.74) is 0.944. The Kier molecular flexibility index (Phi) is 7.29. The molecule has 1 fully saturated rings. The fourth-order valence-electron chi connectivity index (χ4n) is 2.52. The number of rotatable bonds is 5. The highest BCUT2D eigenvalue weighted by atomic mass is 35.5. The standard InChI is InChI=1S/C15H21ClN2O2.ClH/c1-11-7-13(16)3-4-14(11)20-10-15(19)18-6-5-12(9-18)8-17-2;/h3-4,7,12,17H,5-6,8-10H2,1-2H3;1H. The van der Waals surface area contributed by atoms with Crippen LogP contribution in [0.5, 0.6) is 5.75 Å². The zero-order chi connectivity index (χ0) is 14.5. The molecule has 1 aliphatic heterocycles. The highest BCUT2D eigenvalue weighted by molar-refractivity contribution is 6.30. The molecule has 1 aliphatic rings. The molecule has 1 amide bonds. The molecule has 0 aliphatic carbocycles. The number of hydrogen-bond acceptors (Lipinski definition) is 3.